The Bertz CT molecular complexity index is 723. The van der Waals surface area contributed by atoms with Crippen molar-refractivity contribution in [2.75, 3.05) is 6.61 Å². The number of carbonyl (C=O) groups excluding carboxylic acids is 1. The summed E-state index contributed by atoms with van der Waals surface area (Å²) in [5.41, 5.74) is 0.719. The Morgan fingerprint density at radius 2 is 2.17 bits per heavy atom. The fourth-order valence-corrected chi connectivity index (χ4v) is 2.59. The molecule has 0 unspecified atom stereocenters. The van der Waals surface area contributed by atoms with E-state index in [4.69, 9.17) is 4.74 Å². The van der Waals surface area contributed by atoms with Crippen LogP contribution in [0, 0.1) is 0 Å². The van der Waals surface area contributed by atoms with Crippen LogP contribution in [0.3, 0.4) is 0 Å². The van der Waals surface area contributed by atoms with Crippen LogP contribution < -0.4 is 9.84 Å². The predicted molar refractivity (Wildman–Crippen MR) is 91.4 cm³/mol. The van der Waals surface area contributed by atoms with Crippen LogP contribution in [-0.4, -0.2) is 27.8 Å². The summed E-state index contributed by atoms with van der Waals surface area (Å²) in [6.07, 6.45) is 4.88. The van der Waals surface area contributed by atoms with Crippen molar-refractivity contribution >= 4 is 23.8 Å². The van der Waals surface area contributed by atoms with Gasteiger partial charge in [0.25, 0.3) is 0 Å². The number of carbonyl (C=O) groups is 1. The van der Waals surface area contributed by atoms with E-state index in [1.165, 1.54) is 6.08 Å². The van der Waals surface area contributed by atoms with Crippen LogP contribution in [0.15, 0.2) is 47.0 Å². The van der Waals surface area contributed by atoms with Gasteiger partial charge in [-0.3, -0.25) is 5.10 Å². The number of carboxylic acids is 1. The molecule has 0 saturated heterocycles. The van der Waals surface area contributed by atoms with Crippen molar-refractivity contribution in [3.05, 3.63) is 53.2 Å². The Kier molecular flexibility index (Phi) is 6.62. The quantitative estimate of drug-likeness (QED) is 0.426. The molecule has 126 valence electrons. The van der Waals surface area contributed by atoms with Crippen LogP contribution in [0.1, 0.15) is 24.7 Å². The summed E-state index contributed by atoms with van der Waals surface area (Å²) in [7, 11) is 0. The number of H-pyrrole nitrogens is 1. The van der Waals surface area contributed by atoms with Gasteiger partial charge in [-0.25, -0.2) is 4.98 Å². The zero-order valence-corrected chi connectivity index (χ0v) is 14.1. The summed E-state index contributed by atoms with van der Waals surface area (Å²) in [6.45, 7) is 6.03. The number of hydrogen-bond acceptors (Lipinski definition) is 6. The number of aliphatic carboxylic acids is 1. The maximum absolute atomic E-state index is 11.3. The van der Waals surface area contributed by atoms with E-state index in [1.54, 1.807) is 30.3 Å². The minimum atomic E-state index is -1.27. The number of nitrogens with zero attached hydrogens (tertiary/aromatic N) is 2. The first-order valence-corrected chi connectivity index (χ1v) is 8.30. The van der Waals surface area contributed by atoms with E-state index in [1.807, 2.05) is 6.92 Å². The second-order valence-corrected chi connectivity index (χ2v) is 5.89. The van der Waals surface area contributed by atoms with E-state index in [-0.39, 0.29) is 4.91 Å². The molecular formula is C17H18N3O3S-. The van der Waals surface area contributed by atoms with Gasteiger partial charge in [-0.1, -0.05) is 31.7 Å². The van der Waals surface area contributed by atoms with Crippen LogP contribution in [0.4, 0.5) is 0 Å². The molecular weight excluding hydrogens is 326 g/mol. The molecule has 2 aromatic rings. The number of hydrogen-bond donors (Lipinski definition) is 1. The highest BCUT2D eigenvalue weighted by Crippen LogP contribution is 2.25. The molecule has 6 nitrogen and oxygen atoms in total. The number of aryl methyl sites for hydroxylation is 1. The van der Waals surface area contributed by atoms with Gasteiger partial charge in [0, 0.05) is 11.3 Å². The smallest absolute Gasteiger partial charge is 0.213 e. The van der Waals surface area contributed by atoms with Gasteiger partial charge in [0.15, 0.2) is 0 Å². The van der Waals surface area contributed by atoms with Gasteiger partial charge in [-0.15, -0.1) is 5.10 Å². The molecule has 0 aliphatic heterocycles. The second kappa shape index (κ2) is 8.93. The monoisotopic (exact) mass is 344 g/mol. The highest BCUT2D eigenvalue weighted by Gasteiger charge is 2.08. The summed E-state index contributed by atoms with van der Waals surface area (Å²) in [5, 5.41) is 18.5. The number of carboxylic acid groups (broad SMARTS) is 1. The van der Waals surface area contributed by atoms with E-state index < -0.39 is 5.97 Å². The minimum Gasteiger partial charge on any atom is -0.544 e. The topological polar surface area (TPSA) is 90.9 Å². The number of thioether (sulfide) groups is 1. The molecule has 1 aromatic carbocycles. The average molecular weight is 344 g/mol. The molecule has 2 rings (SSSR count). The number of ether oxygens (including phenoxy) is 1. The van der Waals surface area contributed by atoms with Crippen molar-refractivity contribution in [3.63, 3.8) is 0 Å². The van der Waals surface area contributed by atoms with Gasteiger partial charge in [0.05, 0.1) is 5.97 Å². The first-order valence-electron chi connectivity index (χ1n) is 7.48. The van der Waals surface area contributed by atoms with Crippen molar-refractivity contribution in [1.82, 2.24) is 15.2 Å². The van der Waals surface area contributed by atoms with Gasteiger partial charge < -0.3 is 14.6 Å². The highest BCUT2D eigenvalue weighted by molar-refractivity contribution is 8.04. The molecule has 1 aromatic heterocycles. The predicted octanol–water partition coefficient (Wildman–Crippen LogP) is 2.21. The zero-order valence-electron chi connectivity index (χ0n) is 13.3. The maximum Gasteiger partial charge on any atom is 0.213 e. The van der Waals surface area contributed by atoms with E-state index in [9.17, 15) is 9.90 Å². The van der Waals surface area contributed by atoms with Gasteiger partial charge in [0.2, 0.25) is 5.16 Å². The molecule has 1 heterocycles. The molecule has 1 N–H and O–H groups in total. The van der Waals surface area contributed by atoms with E-state index in [2.05, 4.69) is 21.8 Å². The Morgan fingerprint density at radius 3 is 2.79 bits per heavy atom. The summed E-state index contributed by atoms with van der Waals surface area (Å²) in [4.78, 5) is 15.6. The molecule has 0 amide bonds. The van der Waals surface area contributed by atoms with Crippen molar-refractivity contribution < 1.29 is 14.6 Å². The molecule has 0 bridgehead atoms. The second-order valence-electron chi connectivity index (χ2n) is 4.88. The molecule has 0 atom stereocenters. The molecule has 0 radical (unpaired) electrons. The SMILES string of the molecule is C=CCOc1ccc(/C=C(\Sc2n[nH]c(CCC)n2)C(=O)[O-])cc1. The average Bonchev–Trinajstić information content (AvgIpc) is 3.01. The summed E-state index contributed by atoms with van der Waals surface area (Å²) < 4.78 is 5.39. The van der Waals surface area contributed by atoms with Gasteiger partial charge >= 0.3 is 0 Å². The largest absolute Gasteiger partial charge is 0.544 e. The van der Waals surface area contributed by atoms with Crippen molar-refractivity contribution in [2.24, 2.45) is 0 Å². The molecule has 0 aliphatic carbocycles. The molecule has 7 heteroatoms. The summed E-state index contributed by atoms with van der Waals surface area (Å²) in [5.74, 6) is 0.156. The van der Waals surface area contributed by atoms with Crippen molar-refractivity contribution in [1.29, 1.82) is 0 Å². The third-order valence-corrected chi connectivity index (χ3v) is 3.82. The van der Waals surface area contributed by atoms with Crippen LogP contribution in [0.5, 0.6) is 5.75 Å². The summed E-state index contributed by atoms with van der Waals surface area (Å²) in [6, 6.07) is 7.06. The van der Waals surface area contributed by atoms with Crippen molar-refractivity contribution in [2.45, 2.75) is 24.9 Å². The third-order valence-electron chi connectivity index (χ3n) is 2.95. The number of rotatable bonds is 9. The van der Waals surface area contributed by atoms with Gasteiger partial charge in [-0.2, -0.15) is 0 Å². The Balaban J connectivity index is 2.12. The lowest BCUT2D eigenvalue weighted by atomic mass is 10.2. The lowest BCUT2D eigenvalue weighted by Gasteiger charge is -2.07. The molecule has 0 aliphatic rings. The molecule has 0 saturated carbocycles. The van der Waals surface area contributed by atoms with E-state index in [0.29, 0.717) is 17.5 Å². The van der Waals surface area contributed by atoms with Gasteiger partial charge in [-0.05, 0) is 42.0 Å². The van der Waals surface area contributed by atoms with Gasteiger partial charge in [0.1, 0.15) is 18.2 Å². The first-order chi connectivity index (χ1) is 11.6. The standard InChI is InChI=1S/C17H19N3O3S/c1-3-5-15-18-17(20-19-15)24-14(16(21)22)11-12-6-8-13(9-7-12)23-10-4-2/h4,6-9,11H,2-3,5,10H2,1H3,(H,21,22)(H,18,19,20)/p-1/b14-11-. The van der Waals surface area contributed by atoms with E-state index >= 15 is 0 Å². The molecule has 24 heavy (non-hydrogen) atoms. The molecule has 0 fully saturated rings. The Morgan fingerprint density at radius 1 is 1.42 bits per heavy atom. The number of benzene rings is 1. The normalized spacial score (nSPS) is 11.3. The van der Waals surface area contributed by atoms with Crippen LogP contribution in [0.25, 0.3) is 6.08 Å². The number of nitrogens with one attached hydrogen (secondary N) is 1. The maximum atomic E-state index is 11.3. The highest BCUT2D eigenvalue weighted by atomic mass is 32.2. The first kappa shape index (κ1) is 17.8. The minimum absolute atomic E-state index is 0.0387. The van der Waals surface area contributed by atoms with Crippen molar-refractivity contribution in [3.8, 4) is 5.75 Å². The summed E-state index contributed by atoms with van der Waals surface area (Å²) >= 11 is 0.958. The van der Waals surface area contributed by atoms with E-state index in [0.717, 1.165) is 36.0 Å². The Hall–Kier alpha value is -2.54. The third kappa shape index (κ3) is 5.27. The fraction of sp³-hybridized carbons (Fsp3) is 0.235. The zero-order chi connectivity index (χ0) is 17.4. The van der Waals surface area contributed by atoms with Crippen LogP contribution >= 0.6 is 11.8 Å². The fourth-order valence-electron chi connectivity index (χ4n) is 1.87. The lowest BCUT2D eigenvalue weighted by Crippen LogP contribution is -2.23. The van der Waals surface area contributed by atoms with Crippen LogP contribution in [0.2, 0.25) is 0 Å². The number of aromatic nitrogens is 3. The van der Waals surface area contributed by atoms with Crippen LogP contribution in [-0.2, 0) is 11.2 Å². The lowest BCUT2D eigenvalue weighted by molar-refractivity contribution is -0.297. The molecule has 0 spiro atoms. The Labute approximate surface area is 144 Å². The number of aromatic amines is 1.